The van der Waals surface area contributed by atoms with E-state index in [0.29, 0.717) is 33.0 Å². The second-order valence-electron chi connectivity index (χ2n) is 5.56. The Morgan fingerprint density at radius 2 is 1.77 bits per heavy atom. The Labute approximate surface area is 133 Å². The zero-order valence-electron chi connectivity index (χ0n) is 13.7. The highest BCUT2D eigenvalue weighted by atomic mass is 16.5. The van der Waals surface area contributed by atoms with Gasteiger partial charge in [-0.1, -0.05) is 18.6 Å². The third-order valence-electron chi connectivity index (χ3n) is 3.71. The van der Waals surface area contributed by atoms with Gasteiger partial charge >= 0.3 is 5.97 Å². The van der Waals surface area contributed by atoms with Crippen LogP contribution in [-0.4, -0.2) is 72.0 Å². The molecule has 0 radical (unpaired) electrons. The first-order valence-electron chi connectivity index (χ1n) is 8.07. The number of quaternary nitrogens is 1. The van der Waals surface area contributed by atoms with E-state index < -0.39 is 5.97 Å². The number of carboxylic acid groups (broad SMARTS) is 1. The minimum absolute atomic E-state index is 0.00666. The Bertz CT molecular complexity index is 301. The topological polar surface area (TPSA) is 87.0 Å². The second kappa shape index (κ2) is 13.7. The van der Waals surface area contributed by atoms with Crippen LogP contribution in [0, 0.1) is 0 Å². The highest BCUT2D eigenvalue weighted by molar-refractivity contribution is 5.66. The van der Waals surface area contributed by atoms with Gasteiger partial charge in [0.1, 0.15) is 13.1 Å². The van der Waals surface area contributed by atoms with Gasteiger partial charge in [0.05, 0.1) is 32.8 Å². The van der Waals surface area contributed by atoms with Crippen LogP contribution in [0.15, 0.2) is 12.2 Å². The van der Waals surface area contributed by atoms with Crippen LogP contribution >= 0.6 is 0 Å². The molecule has 0 saturated heterocycles. The Hall–Kier alpha value is -0.950. The summed E-state index contributed by atoms with van der Waals surface area (Å²) in [5.74, 6) is -0.873. The van der Waals surface area contributed by atoms with E-state index in [1.165, 1.54) is 0 Å². The van der Waals surface area contributed by atoms with Crippen LogP contribution in [0.1, 0.15) is 39.0 Å². The lowest BCUT2D eigenvalue weighted by atomic mass is 10.2. The number of hydrogen-bond donors (Lipinski definition) is 3. The van der Waals surface area contributed by atoms with Crippen molar-refractivity contribution >= 4 is 5.97 Å². The smallest absolute Gasteiger partial charge is 0.309 e. The van der Waals surface area contributed by atoms with Crippen LogP contribution in [0.3, 0.4) is 0 Å². The van der Waals surface area contributed by atoms with Gasteiger partial charge in [-0.25, -0.2) is 0 Å². The molecule has 6 heteroatoms. The van der Waals surface area contributed by atoms with E-state index in [1.807, 2.05) is 6.92 Å². The Morgan fingerprint density at radius 3 is 2.32 bits per heavy atom. The number of unbranched alkanes of at least 4 members (excludes halogenated alkanes) is 3. The number of aliphatic hydroxyl groups excluding tert-OH is 2. The van der Waals surface area contributed by atoms with E-state index in [-0.39, 0.29) is 24.1 Å². The number of carboxylic acids is 1. The summed E-state index contributed by atoms with van der Waals surface area (Å²) in [6, 6.07) is 0. The Kier molecular flexibility index (Phi) is 13.1. The summed E-state index contributed by atoms with van der Waals surface area (Å²) in [5, 5.41) is 27.3. The first-order valence-corrected chi connectivity index (χ1v) is 8.07. The first kappa shape index (κ1) is 21.0. The van der Waals surface area contributed by atoms with Crippen molar-refractivity contribution in [1.82, 2.24) is 0 Å². The molecule has 0 atom stereocenters. The predicted molar refractivity (Wildman–Crippen MR) is 85.4 cm³/mol. The van der Waals surface area contributed by atoms with Crippen LogP contribution in [0.25, 0.3) is 0 Å². The molecule has 0 saturated carbocycles. The zero-order valence-corrected chi connectivity index (χ0v) is 13.7. The number of allylic oxidation sites excluding steroid dienone is 2. The summed E-state index contributed by atoms with van der Waals surface area (Å²) in [6.07, 6.45) is 8.50. The molecule has 0 aromatic heterocycles. The van der Waals surface area contributed by atoms with Crippen molar-refractivity contribution in [1.29, 1.82) is 0 Å². The minimum Gasteiger partial charge on any atom is -0.481 e. The summed E-state index contributed by atoms with van der Waals surface area (Å²) in [5.41, 5.74) is 0. The van der Waals surface area contributed by atoms with Gasteiger partial charge in [0.25, 0.3) is 0 Å². The minimum atomic E-state index is -0.873. The van der Waals surface area contributed by atoms with Gasteiger partial charge in [0.15, 0.2) is 6.73 Å². The molecule has 0 fully saturated rings. The molecule has 0 bridgehead atoms. The maximum Gasteiger partial charge on any atom is 0.309 e. The highest BCUT2D eigenvalue weighted by Gasteiger charge is 2.27. The molecule has 130 valence electrons. The molecule has 0 aliphatic heterocycles. The Morgan fingerprint density at radius 1 is 1.09 bits per heavy atom. The molecule has 6 nitrogen and oxygen atoms in total. The quantitative estimate of drug-likeness (QED) is 0.184. The lowest BCUT2D eigenvalue weighted by Crippen LogP contribution is -2.54. The largest absolute Gasteiger partial charge is 0.481 e. The lowest BCUT2D eigenvalue weighted by molar-refractivity contribution is -0.945. The Balaban J connectivity index is 4.12. The first-order chi connectivity index (χ1) is 10.6. The van der Waals surface area contributed by atoms with Gasteiger partial charge in [0, 0.05) is 0 Å². The molecule has 22 heavy (non-hydrogen) atoms. The van der Waals surface area contributed by atoms with Crippen LogP contribution in [0.4, 0.5) is 0 Å². The fourth-order valence-electron chi connectivity index (χ4n) is 2.35. The van der Waals surface area contributed by atoms with E-state index >= 15 is 0 Å². The van der Waals surface area contributed by atoms with Crippen molar-refractivity contribution in [2.24, 2.45) is 0 Å². The number of nitrogens with zero attached hydrogens (tertiary/aromatic N) is 1. The third-order valence-corrected chi connectivity index (χ3v) is 3.71. The number of aliphatic hydroxyl groups is 2. The van der Waals surface area contributed by atoms with Gasteiger partial charge < -0.3 is 20.1 Å². The number of rotatable bonds is 15. The van der Waals surface area contributed by atoms with Gasteiger partial charge in [0.2, 0.25) is 0 Å². The number of carbonyl (C=O) groups is 1. The van der Waals surface area contributed by atoms with Crippen molar-refractivity contribution in [3.8, 4) is 0 Å². The normalized spacial score (nSPS) is 12.1. The summed E-state index contributed by atoms with van der Waals surface area (Å²) >= 11 is 0. The van der Waals surface area contributed by atoms with Crippen molar-refractivity contribution in [2.45, 2.75) is 39.0 Å². The van der Waals surface area contributed by atoms with Crippen molar-refractivity contribution in [3.05, 3.63) is 12.2 Å². The predicted octanol–water partition coefficient (Wildman–Crippen LogP) is 1.37. The van der Waals surface area contributed by atoms with E-state index in [2.05, 4.69) is 12.2 Å². The van der Waals surface area contributed by atoms with E-state index in [1.54, 1.807) is 0 Å². The van der Waals surface area contributed by atoms with Crippen molar-refractivity contribution < 1.29 is 29.3 Å². The molecular weight excluding hydrogens is 286 g/mol. The summed E-state index contributed by atoms with van der Waals surface area (Å²) in [4.78, 5) is 10.8. The van der Waals surface area contributed by atoms with Crippen molar-refractivity contribution in [2.75, 3.05) is 46.2 Å². The molecule has 3 N–H and O–H groups in total. The van der Waals surface area contributed by atoms with E-state index in [0.717, 1.165) is 25.7 Å². The average Bonchev–Trinajstić information content (AvgIpc) is 2.48. The highest BCUT2D eigenvalue weighted by Crippen LogP contribution is 2.10. The molecular formula is C16H32NO5+. The van der Waals surface area contributed by atoms with Gasteiger partial charge in [-0.15, -0.1) is 0 Å². The fraction of sp³-hybridized carbons (Fsp3) is 0.812. The summed E-state index contributed by atoms with van der Waals surface area (Å²) in [6.45, 7) is 4.03. The van der Waals surface area contributed by atoms with Gasteiger partial charge in [-0.2, -0.15) is 0 Å². The molecule has 0 heterocycles. The van der Waals surface area contributed by atoms with Crippen LogP contribution in [0.5, 0.6) is 0 Å². The summed E-state index contributed by atoms with van der Waals surface area (Å²) in [7, 11) is 0. The van der Waals surface area contributed by atoms with E-state index in [4.69, 9.17) is 9.84 Å². The van der Waals surface area contributed by atoms with Gasteiger partial charge in [-0.05, 0) is 26.2 Å². The molecule has 0 amide bonds. The van der Waals surface area contributed by atoms with Crippen LogP contribution < -0.4 is 0 Å². The molecule has 0 aromatic carbocycles. The average molecular weight is 318 g/mol. The van der Waals surface area contributed by atoms with Crippen LogP contribution in [0.2, 0.25) is 0 Å². The molecule has 0 unspecified atom stereocenters. The monoisotopic (exact) mass is 318 g/mol. The number of hydrogen-bond acceptors (Lipinski definition) is 4. The lowest BCUT2D eigenvalue weighted by Gasteiger charge is -2.36. The molecule has 0 aliphatic carbocycles. The zero-order chi connectivity index (χ0) is 16.7. The second-order valence-corrected chi connectivity index (χ2v) is 5.56. The maximum absolute atomic E-state index is 10.8. The van der Waals surface area contributed by atoms with Crippen molar-refractivity contribution in [3.63, 3.8) is 0 Å². The number of aliphatic carboxylic acids is 1. The molecule has 0 aliphatic rings. The standard InChI is InChI=1S/C16H31NO5/c1-2-3-4-5-6-7-14-22-15-17(10-12-18,11-13-19)9-8-16(20)21/h2-3,18-19H,4-15H2,1H3/p+1/b3-2+. The van der Waals surface area contributed by atoms with Gasteiger partial charge in [-0.3, -0.25) is 9.28 Å². The SMILES string of the molecule is C/C=C/CCCCCOC[N+](CCO)(CCO)CCC(=O)O. The maximum atomic E-state index is 10.8. The fourth-order valence-corrected chi connectivity index (χ4v) is 2.35. The van der Waals surface area contributed by atoms with E-state index in [9.17, 15) is 15.0 Å². The van der Waals surface area contributed by atoms with Crippen LogP contribution in [-0.2, 0) is 9.53 Å². The third kappa shape index (κ3) is 10.7. The molecule has 0 aromatic rings. The molecule has 0 rings (SSSR count). The molecule has 0 spiro atoms. The number of ether oxygens (including phenoxy) is 1. The summed E-state index contributed by atoms with van der Waals surface area (Å²) < 4.78 is 5.97.